The molecule has 0 bridgehead atoms. The van der Waals surface area contributed by atoms with E-state index in [9.17, 15) is 5.11 Å². The number of piperazine rings is 1. The van der Waals surface area contributed by atoms with Gasteiger partial charge in [-0.05, 0) is 36.1 Å². The van der Waals surface area contributed by atoms with Gasteiger partial charge in [0, 0.05) is 49.2 Å². The highest BCUT2D eigenvalue weighted by molar-refractivity contribution is 5.40. The maximum Gasteiger partial charge on any atom is 0.128 e. The Hall–Kier alpha value is -1.91. The average Bonchev–Trinajstić information content (AvgIpc) is 2.80. The molecular formula is C28H41N3O. The molecule has 0 amide bonds. The highest BCUT2D eigenvalue weighted by Crippen LogP contribution is 2.68. The zero-order valence-electron chi connectivity index (χ0n) is 20.6. The number of benzene rings is 1. The van der Waals surface area contributed by atoms with Gasteiger partial charge in [-0.3, -0.25) is 4.90 Å². The Morgan fingerprint density at radius 1 is 0.906 bits per heavy atom. The van der Waals surface area contributed by atoms with E-state index >= 15 is 0 Å². The van der Waals surface area contributed by atoms with Crippen molar-refractivity contribution in [3.8, 4) is 0 Å². The maximum atomic E-state index is 12.1. The SMILES string of the molecule is CCCCCc1ccc(C2(O)C(C)(C)C(N3CCN(c4ccccn4)CC3)C2(C)C)cc1. The van der Waals surface area contributed by atoms with Crippen molar-refractivity contribution in [1.29, 1.82) is 0 Å². The molecular weight excluding hydrogens is 394 g/mol. The lowest BCUT2D eigenvalue weighted by atomic mass is 9.39. The van der Waals surface area contributed by atoms with E-state index in [1.165, 1.54) is 24.8 Å². The van der Waals surface area contributed by atoms with Crippen molar-refractivity contribution in [2.45, 2.75) is 71.9 Å². The minimum absolute atomic E-state index is 0.229. The molecule has 2 aromatic rings. The molecule has 1 N–H and O–H groups in total. The largest absolute Gasteiger partial charge is 0.384 e. The van der Waals surface area contributed by atoms with E-state index in [0.29, 0.717) is 6.04 Å². The lowest BCUT2D eigenvalue weighted by Gasteiger charge is -2.72. The van der Waals surface area contributed by atoms with Crippen molar-refractivity contribution in [2.75, 3.05) is 31.1 Å². The molecule has 1 aliphatic carbocycles. The van der Waals surface area contributed by atoms with Gasteiger partial charge in [0.15, 0.2) is 0 Å². The van der Waals surface area contributed by atoms with Crippen LogP contribution in [0.15, 0.2) is 48.7 Å². The van der Waals surface area contributed by atoms with Crippen LogP contribution in [-0.4, -0.2) is 47.2 Å². The van der Waals surface area contributed by atoms with E-state index in [1.54, 1.807) is 0 Å². The van der Waals surface area contributed by atoms with Crippen LogP contribution >= 0.6 is 0 Å². The predicted octanol–water partition coefficient (Wildman–Crippen LogP) is 5.26. The van der Waals surface area contributed by atoms with Crippen molar-refractivity contribution in [3.05, 3.63) is 59.8 Å². The normalized spacial score (nSPS) is 27.2. The molecule has 1 aromatic heterocycles. The van der Waals surface area contributed by atoms with Crippen molar-refractivity contribution in [3.63, 3.8) is 0 Å². The maximum absolute atomic E-state index is 12.1. The second kappa shape index (κ2) is 8.79. The van der Waals surface area contributed by atoms with Crippen molar-refractivity contribution < 1.29 is 5.11 Å². The van der Waals surface area contributed by atoms with Crippen LogP contribution in [0, 0.1) is 10.8 Å². The van der Waals surface area contributed by atoms with Gasteiger partial charge in [0.2, 0.25) is 0 Å². The third-order valence-electron chi connectivity index (χ3n) is 8.33. The Balaban J connectivity index is 1.48. The Morgan fingerprint density at radius 2 is 1.56 bits per heavy atom. The first-order chi connectivity index (χ1) is 15.2. The van der Waals surface area contributed by atoms with Gasteiger partial charge >= 0.3 is 0 Å². The zero-order valence-corrected chi connectivity index (χ0v) is 20.6. The van der Waals surface area contributed by atoms with Crippen molar-refractivity contribution in [1.82, 2.24) is 9.88 Å². The summed E-state index contributed by atoms with van der Waals surface area (Å²) in [5.41, 5.74) is 1.14. The lowest BCUT2D eigenvalue weighted by Crippen LogP contribution is -2.79. The standard InChI is InChI=1S/C28H41N3O/c1-6-7-8-11-22-13-15-23(16-14-22)28(32)26(2,3)25(27(28,4)5)31-20-18-30(19-21-31)24-12-9-10-17-29-24/h9-10,12-17,25,32H,6-8,11,18-21H2,1-5H3. The first-order valence-electron chi connectivity index (χ1n) is 12.5. The molecule has 0 atom stereocenters. The number of aryl methyl sites for hydroxylation is 1. The highest BCUT2D eigenvalue weighted by Gasteiger charge is 2.73. The Morgan fingerprint density at radius 3 is 2.12 bits per heavy atom. The second-order valence-corrected chi connectivity index (χ2v) is 10.9. The number of rotatable bonds is 7. The Bertz CT molecular complexity index is 867. The van der Waals surface area contributed by atoms with Crippen LogP contribution in [0.3, 0.4) is 0 Å². The van der Waals surface area contributed by atoms with Gasteiger partial charge in [-0.25, -0.2) is 4.98 Å². The molecule has 0 radical (unpaired) electrons. The molecule has 1 saturated carbocycles. The second-order valence-electron chi connectivity index (χ2n) is 10.9. The molecule has 0 unspecified atom stereocenters. The van der Waals surface area contributed by atoms with Gasteiger partial charge in [0.05, 0.1) is 0 Å². The minimum Gasteiger partial charge on any atom is -0.384 e. The van der Waals surface area contributed by atoms with Gasteiger partial charge in [-0.15, -0.1) is 0 Å². The van der Waals surface area contributed by atoms with E-state index in [1.807, 2.05) is 12.3 Å². The summed E-state index contributed by atoms with van der Waals surface area (Å²) in [6.07, 6.45) is 6.76. The number of unbranched alkanes of at least 4 members (excludes halogenated alkanes) is 2. The van der Waals surface area contributed by atoms with Crippen LogP contribution in [-0.2, 0) is 12.0 Å². The third-order valence-corrected chi connectivity index (χ3v) is 8.33. The smallest absolute Gasteiger partial charge is 0.128 e. The van der Waals surface area contributed by atoms with Gasteiger partial charge in [0.25, 0.3) is 0 Å². The minimum atomic E-state index is -0.843. The lowest BCUT2D eigenvalue weighted by molar-refractivity contribution is -0.307. The number of nitrogens with zero attached hydrogens (tertiary/aromatic N) is 3. The summed E-state index contributed by atoms with van der Waals surface area (Å²) in [5, 5.41) is 12.1. The number of anilines is 1. The molecule has 1 aromatic carbocycles. The summed E-state index contributed by atoms with van der Waals surface area (Å²) in [6, 6.07) is 15.3. The molecule has 2 fully saturated rings. The van der Waals surface area contributed by atoms with E-state index < -0.39 is 5.60 Å². The van der Waals surface area contributed by atoms with Crippen LogP contribution in [0.1, 0.15) is 65.0 Å². The summed E-state index contributed by atoms with van der Waals surface area (Å²) >= 11 is 0. The summed E-state index contributed by atoms with van der Waals surface area (Å²) in [5.74, 6) is 1.06. The molecule has 1 aliphatic heterocycles. The summed E-state index contributed by atoms with van der Waals surface area (Å²) in [4.78, 5) is 9.50. The van der Waals surface area contributed by atoms with Crippen LogP contribution in [0.4, 0.5) is 5.82 Å². The van der Waals surface area contributed by atoms with E-state index in [4.69, 9.17) is 0 Å². The molecule has 4 nitrogen and oxygen atoms in total. The van der Waals surface area contributed by atoms with Gasteiger partial charge < -0.3 is 10.0 Å². The number of hydrogen-bond donors (Lipinski definition) is 1. The van der Waals surface area contributed by atoms with Gasteiger partial charge in [-0.1, -0.05) is 77.8 Å². The molecule has 1 saturated heterocycles. The quantitative estimate of drug-likeness (QED) is 0.602. The fraction of sp³-hybridized carbons (Fsp3) is 0.607. The van der Waals surface area contributed by atoms with Gasteiger partial charge in [0.1, 0.15) is 11.4 Å². The van der Waals surface area contributed by atoms with Crippen molar-refractivity contribution in [2.24, 2.45) is 10.8 Å². The molecule has 0 spiro atoms. The number of pyridine rings is 1. The molecule has 32 heavy (non-hydrogen) atoms. The van der Waals surface area contributed by atoms with Crippen LogP contribution in [0.5, 0.6) is 0 Å². The number of aromatic nitrogens is 1. The van der Waals surface area contributed by atoms with Crippen LogP contribution < -0.4 is 4.90 Å². The van der Waals surface area contributed by atoms with E-state index in [2.05, 4.69) is 85.8 Å². The zero-order chi connectivity index (χ0) is 23.0. The molecule has 2 heterocycles. The van der Waals surface area contributed by atoms with Gasteiger partial charge in [-0.2, -0.15) is 0 Å². The monoisotopic (exact) mass is 435 g/mol. The fourth-order valence-electron chi connectivity index (χ4n) is 6.95. The third kappa shape index (κ3) is 3.66. The molecule has 174 valence electrons. The Kier molecular flexibility index (Phi) is 6.39. The average molecular weight is 436 g/mol. The van der Waals surface area contributed by atoms with E-state index in [0.717, 1.165) is 44.0 Å². The summed E-state index contributed by atoms with van der Waals surface area (Å²) in [7, 11) is 0. The van der Waals surface area contributed by atoms with Crippen LogP contribution in [0.2, 0.25) is 0 Å². The fourth-order valence-corrected chi connectivity index (χ4v) is 6.95. The predicted molar refractivity (Wildman–Crippen MR) is 133 cm³/mol. The van der Waals surface area contributed by atoms with E-state index in [-0.39, 0.29) is 10.8 Å². The first-order valence-corrected chi connectivity index (χ1v) is 12.5. The topological polar surface area (TPSA) is 39.6 Å². The van der Waals surface area contributed by atoms with Crippen molar-refractivity contribution >= 4 is 5.82 Å². The summed E-state index contributed by atoms with van der Waals surface area (Å²) in [6.45, 7) is 15.2. The number of hydrogen-bond acceptors (Lipinski definition) is 4. The summed E-state index contributed by atoms with van der Waals surface area (Å²) < 4.78 is 0. The number of aliphatic hydroxyl groups is 1. The Labute approximate surface area is 194 Å². The highest BCUT2D eigenvalue weighted by atomic mass is 16.3. The molecule has 4 rings (SSSR count). The molecule has 2 aliphatic rings. The molecule has 4 heteroatoms. The first kappa shape index (κ1) is 23.3. The van der Waals surface area contributed by atoms with Crippen LogP contribution in [0.25, 0.3) is 0 Å².